The third kappa shape index (κ3) is 3.83. The van der Waals surface area contributed by atoms with Crippen molar-refractivity contribution in [1.29, 1.82) is 0 Å². The molecule has 0 unspecified atom stereocenters. The van der Waals surface area contributed by atoms with Gasteiger partial charge in [0.1, 0.15) is 16.4 Å². The minimum Gasteiger partial charge on any atom is -0.497 e. The zero-order chi connectivity index (χ0) is 14.6. The summed E-state index contributed by atoms with van der Waals surface area (Å²) in [4.78, 5) is 10.2. The predicted molar refractivity (Wildman–Crippen MR) is 65.3 cm³/mol. The number of methoxy groups -OCH3 is 2. The van der Waals surface area contributed by atoms with E-state index in [-0.39, 0.29) is 29.9 Å². The molecule has 0 aliphatic carbocycles. The van der Waals surface area contributed by atoms with E-state index in [9.17, 15) is 17.8 Å². The number of hydrogen-bond acceptors (Lipinski definition) is 5. The van der Waals surface area contributed by atoms with Crippen molar-refractivity contribution in [3.63, 3.8) is 0 Å². The highest BCUT2D eigenvalue weighted by Gasteiger charge is 2.21. The molecule has 0 saturated carbocycles. The molecule has 0 bridgehead atoms. The lowest BCUT2D eigenvalue weighted by Crippen LogP contribution is -2.08. The lowest BCUT2D eigenvalue weighted by atomic mass is 10.1. The molecule has 106 valence electrons. The number of hydrogen-bond donors (Lipinski definition) is 2. The third-order valence-corrected chi connectivity index (χ3v) is 3.38. The molecule has 0 fully saturated rings. The standard InChI is InChI=1S/C11H14O7S/c1-17-7-5-9(18-2)8(3-4-11(12)13)10(6-7)19(14,15)16/h5-6H,3-4H2,1-2H3,(H,12,13)(H,14,15,16). The summed E-state index contributed by atoms with van der Waals surface area (Å²) in [6.07, 6.45) is -0.372. The van der Waals surface area contributed by atoms with E-state index in [0.29, 0.717) is 0 Å². The van der Waals surface area contributed by atoms with Crippen LogP contribution in [0.4, 0.5) is 0 Å². The number of ether oxygens (including phenoxy) is 2. The maximum atomic E-state index is 11.3. The summed E-state index contributed by atoms with van der Waals surface area (Å²) >= 11 is 0. The Kier molecular flexibility index (Phi) is 4.73. The molecule has 19 heavy (non-hydrogen) atoms. The van der Waals surface area contributed by atoms with Crippen LogP contribution in [0, 0.1) is 0 Å². The molecule has 1 aromatic carbocycles. The molecular weight excluding hydrogens is 276 g/mol. The van der Waals surface area contributed by atoms with Crippen LogP contribution in [0.15, 0.2) is 17.0 Å². The van der Waals surface area contributed by atoms with E-state index in [1.807, 2.05) is 0 Å². The Morgan fingerprint density at radius 2 is 1.89 bits per heavy atom. The topological polar surface area (TPSA) is 110 Å². The van der Waals surface area contributed by atoms with Gasteiger partial charge in [0.15, 0.2) is 0 Å². The van der Waals surface area contributed by atoms with Crippen LogP contribution in [-0.4, -0.2) is 38.3 Å². The fourth-order valence-electron chi connectivity index (χ4n) is 1.60. The summed E-state index contributed by atoms with van der Waals surface area (Å²) in [5.41, 5.74) is 0.105. The molecule has 0 atom stereocenters. The number of rotatable bonds is 6. The lowest BCUT2D eigenvalue weighted by Gasteiger charge is -2.13. The van der Waals surface area contributed by atoms with Crippen LogP contribution in [0.5, 0.6) is 11.5 Å². The van der Waals surface area contributed by atoms with Crippen LogP contribution < -0.4 is 9.47 Å². The average Bonchev–Trinajstić information content (AvgIpc) is 2.33. The zero-order valence-electron chi connectivity index (χ0n) is 10.4. The van der Waals surface area contributed by atoms with E-state index in [1.54, 1.807) is 0 Å². The van der Waals surface area contributed by atoms with Gasteiger partial charge in [-0.3, -0.25) is 9.35 Å². The monoisotopic (exact) mass is 290 g/mol. The average molecular weight is 290 g/mol. The molecule has 8 heteroatoms. The van der Waals surface area contributed by atoms with Gasteiger partial charge in [-0.15, -0.1) is 0 Å². The van der Waals surface area contributed by atoms with Gasteiger partial charge in [0.05, 0.1) is 14.2 Å². The van der Waals surface area contributed by atoms with Crippen LogP contribution in [-0.2, 0) is 21.3 Å². The highest BCUT2D eigenvalue weighted by molar-refractivity contribution is 7.85. The van der Waals surface area contributed by atoms with Crippen molar-refractivity contribution in [3.05, 3.63) is 17.7 Å². The largest absolute Gasteiger partial charge is 0.497 e. The first-order chi connectivity index (χ1) is 8.79. The second kappa shape index (κ2) is 5.89. The molecule has 0 aliphatic rings. The van der Waals surface area contributed by atoms with Crippen LogP contribution in [0.25, 0.3) is 0 Å². The minimum atomic E-state index is -4.50. The first-order valence-corrected chi connectivity index (χ1v) is 6.67. The molecule has 7 nitrogen and oxygen atoms in total. The van der Waals surface area contributed by atoms with Gasteiger partial charge < -0.3 is 14.6 Å². The van der Waals surface area contributed by atoms with E-state index < -0.39 is 21.0 Å². The van der Waals surface area contributed by atoms with E-state index in [1.165, 1.54) is 20.3 Å². The summed E-state index contributed by atoms with van der Waals surface area (Å²) < 4.78 is 41.8. The van der Waals surface area contributed by atoms with Crippen molar-refractivity contribution in [2.75, 3.05) is 14.2 Å². The fourth-order valence-corrected chi connectivity index (χ4v) is 2.38. The zero-order valence-corrected chi connectivity index (χ0v) is 11.2. The molecular formula is C11H14O7S. The molecule has 0 saturated heterocycles. The van der Waals surface area contributed by atoms with Gasteiger partial charge in [-0.2, -0.15) is 8.42 Å². The van der Waals surface area contributed by atoms with E-state index >= 15 is 0 Å². The highest BCUT2D eigenvalue weighted by atomic mass is 32.2. The van der Waals surface area contributed by atoms with E-state index in [0.717, 1.165) is 6.07 Å². The van der Waals surface area contributed by atoms with Gasteiger partial charge in [0, 0.05) is 24.1 Å². The summed E-state index contributed by atoms with van der Waals surface area (Å²) in [7, 11) is -1.85. The van der Waals surface area contributed by atoms with Crippen LogP contribution in [0.2, 0.25) is 0 Å². The molecule has 0 radical (unpaired) electrons. The number of carboxylic acids is 1. The first-order valence-electron chi connectivity index (χ1n) is 5.23. The van der Waals surface area contributed by atoms with Gasteiger partial charge in [0.2, 0.25) is 0 Å². The molecule has 0 aromatic heterocycles. The Morgan fingerprint density at radius 1 is 1.26 bits per heavy atom. The summed E-state index contributed by atoms with van der Waals surface area (Å²) in [5, 5.41) is 8.66. The maximum Gasteiger partial charge on any atom is 0.303 e. The molecule has 0 aliphatic heterocycles. The Bertz CT molecular complexity index is 577. The molecule has 0 amide bonds. The Hall–Kier alpha value is -1.80. The summed E-state index contributed by atoms with van der Waals surface area (Å²) in [5.74, 6) is -0.754. The van der Waals surface area contributed by atoms with E-state index in [4.69, 9.17) is 14.6 Å². The molecule has 2 N–H and O–H groups in total. The number of carboxylic acid groups (broad SMARTS) is 1. The summed E-state index contributed by atoms with van der Waals surface area (Å²) in [6, 6.07) is 2.54. The van der Waals surface area contributed by atoms with Crippen molar-refractivity contribution in [2.24, 2.45) is 0 Å². The van der Waals surface area contributed by atoms with Crippen molar-refractivity contribution < 1.29 is 32.3 Å². The van der Waals surface area contributed by atoms with Crippen molar-refractivity contribution in [2.45, 2.75) is 17.7 Å². The lowest BCUT2D eigenvalue weighted by molar-refractivity contribution is -0.136. The number of carbonyl (C=O) groups is 1. The Labute approximate surface area is 110 Å². The second-order valence-electron chi connectivity index (χ2n) is 3.68. The van der Waals surface area contributed by atoms with Crippen LogP contribution in [0.3, 0.4) is 0 Å². The quantitative estimate of drug-likeness (QED) is 0.751. The van der Waals surface area contributed by atoms with Crippen molar-refractivity contribution in [3.8, 4) is 11.5 Å². The first kappa shape index (κ1) is 15.3. The Morgan fingerprint density at radius 3 is 2.32 bits per heavy atom. The molecule has 1 rings (SSSR count). The van der Waals surface area contributed by atoms with Crippen molar-refractivity contribution >= 4 is 16.1 Å². The second-order valence-corrected chi connectivity index (χ2v) is 5.07. The molecule has 1 aromatic rings. The van der Waals surface area contributed by atoms with Crippen LogP contribution >= 0.6 is 0 Å². The van der Waals surface area contributed by atoms with Gasteiger partial charge in [-0.05, 0) is 6.42 Å². The third-order valence-electron chi connectivity index (χ3n) is 2.46. The smallest absolute Gasteiger partial charge is 0.303 e. The normalized spacial score (nSPS) is 11.1. The molecule has 0 heterocycles. The van der Waals surface area contributed by atoms with E-state index in [2.05, 4.69) is 0 Å². The van der Waals surface area contributed by atoms with Gasteiger partial charge in [-0.25, -0.2) is 0 Å². The van der Waals surface area contributed by atoms with Gasteiger partial charge in [0.25, 0.3) is 10.1 Å². The predicted octanol–water partition coefficient (Wildman–Crippen LogP) is 0.968. The van der Waals surface area contributed by atoms with Crippen molar-refractivity contribution in [1.82, 2.24) is 0 Å². The summed E-state index contributed by atoms with van der Waals surface area (Å²) in [6.45, 7) is 0. The fraction of sp³-hybridized carbons (Fsp3) is 0.364. The minimum absolute atomic E-state index is 0.0857. The number of aliphatic carboxylic acids is 1. The SMILES string of the molecule is COc1cc(OC)c(CCC(=O)O)c(S(=O)(=O)O)c1. The Balaban J connectivity index is 3.42. The molecule has 0 spiro atoms. The van der Waals surface area contributed by atoms with Gasteiger partial charge in [-0.1, -0.05) is 0 Å². The number of benzene rings is 1. The van der Waals surface area contributed by atoms with Crippen LogP contribution in [0.1, 0.15) is 12.0 Å². The maximum absolute atomic E-state index is 11.3. The van der Waals surface area contributed by atoms with Gasteiger partial charge >= 0.3 is 5.97 Å². The highest BCUT2D eigenvalue weighted by Crippen LogP contribution is 2.32.